The van der Waals surface area contributed by atoms with E-state index in [4.69, 9.17) is 4.74 Å². The van der Waals surface area contributed by atoms with E-state index in [0.717, 1.165) is 16.8 Å². The van der Waals surface area contributed by atoms with Gasteiger partial charge in [-0.1, -0.05) is 36.4 Å². The Kier molecular flexibility index (Phi) is 8.31. The monoisotopic (exact) mass is 408 g/mol. The van der Waals surface area contributed by atoms with E-state index in [1.54, 1.807) is 24.3 Å². The van der Waals surface area contributed by atoms with Crippen LogP contribution in [0.4, 0.5) is 5.69 Å². The number of rotatable bonds is 8. The Morgan fingerprint density at radius 3 is 2.47 bits per heavy atom. The second-order valence-corrected chi connectivity index (χ2v) is 6.37. The standard InChI is InChI=1S/C22H24N4O4/c1-4-11-23-21(28)22(29)26-24-13-17-9-6-10-18(12-17)30-14-19(27)25-20-15(2)7-5-8-16(20)3/h4-10,12-13H,1,11,14H2,2-3H3,(H,23,28)(H,25,27)(H,26,29)/b24-13-. The lowest BCUT2D eigenvalue weighted by molar-refractivity contribution is -0.139. The van der Waals surface area contributed by atoms with Crippen LogP contribution in [0.5, 0.6) is 5.75 Å². The molecule has 156 valence electrons. The van der Waals surface area contributed by atoms with Gasteiger partial charge in [0.15, 0.2) is 6.61 Å². The van der Waals surface area contributed by atoms with Gasteiger partial charge in [0, 0.05) is 12.2 Å². The van der Waals surface area contributed by atoms with E-state index in [9.17, 15) is 14.4 Å². The largest absolute Gasteiger partial charge is 0.484 e. The molecule has 0 saturated heterocycles. The zero-order valence-corrected chi connectivity index (χ0v) is 16.9. The number of ether oxygens (including phenoxy) is 1. The zero-order valence-electron chi connectivity index (χ0n) is 16.9. The highest BCUT2D eigenvalue weighted by Gasteiger charge is 2.11. The molecular weight excluding hydrogens is 384 g/mol. The van der Waals surface area contributed by atoms with Crippen molar-refractivity contribution in [1.29, 1.82) is 0 Å². The first-order valence-electron chi connectivity index (χ1n) is 9.21. The highest BCUT2D eigenvalue weighted by atomic mass is 16.5. The van der Waals surface area contributed by atoms with Crippen molar-refractivity contribution in [2.45, 2.75) is 13.8 Å². The molecule has 0 aliphatic rings. The number of nitrogens with zero attached hydrogens (tertiary/aromatic N) is 1. The van der Waals surface area contributed by atoms with Gasteiger partial charge in [0.1, 0.15) is 5.75 Å². The van der Waals surface area contributed by atoms with Gasteiger partial charge in [-0.05, 0) is 42.7 Å². The van der Waals surface area contributed by atoms with Crippen LogP contribution in [0, 0.1) is 13.8 Å². The normalized spacial score (nSPS) is 10.3. The van der Waals surface area contributed by atoms with Crippen LogP contribution in [-0.4, -0.2) is 37.1 Å². The molecule has 0 unspecified atom stereocenters. The van der Waals surface area contributed by atoms with Gasteiger partial charge in [0.2, 0.25) is 0 Å². The lowest BCUT2D eigenvalue weighted by Crippen LogP contribution is -2.37. The summed E-state index contributed by atoms with van der Waals surface area (Å²) in [4.78, 5) is 35.2. The predicted octanol–water partition coefficient (Wildman–Crippen LogP) is 2.07. The summed E-state index contributed by atoms with van der Waals surface area (Å²) >= 11 is 0. The van der Waals surface area contributed by atoms with Gasteiger partial charge in [0.05, 0.1) is 6.21 Å². The van der Waals surface area contributed by atoms with Crippen molar-refractivity contribution in [3.8, 4) is 5.75 Å². The molecule has 0 atom stereocenters. The van der Waals surface area contributed by atoms with Crippen molar-refractivity contribution in [1.82, 2.24) is 10.7 Å². The van der Waals surface area contributed by atoms with Gasteiger partial charge in [0.25, 0.3) is 5.91 Å². The number of carbonyl (C=O) groups excluding carboxylic acids is 3. The average molecular weight is 408 g/mol. The first kappa shape index (κ1) is 22.4. The molecule has 8 nitrogen and oxygen atoms in total. The Labute approximate surface area is 175 Å². The Balaban J connectivity index is 1.88. The topological polar surface area (TPSA) is 109 Å². The summed E-state index contributed by atoms with van der Waals surface area (Å²) in [6.45, 7) is 7.32. The van der Waals surface area contributed by atoms with Gasteiger partial charge in [-0.15, -0.1) is 6.58 Å². The Hall–Kier alpha value is -3.94. The van der Waals surface area contributed by atoms with E-state index in [1.807, 2.05) is 32.0 Å². The summed E-state index contributed by atoms with van der Waals surface area (Å²) in [5.74, 6) is -1.50. The van der Waals surface area contributed by atoms with Crippen molar-refractivity contribution in [2.24, 2.45) is 5.10 Å². The summed E-state index contributed by atoms with van der Waals surface area (Å²) < 4.78 is 5.54. The maximum atomic E-state index is 12.2. The van der Waals surface area contributed by atoms with Gasteiger partial charge in [-0.2, -0.15) is 5.10 Å². The Morgan fingerprint density at radius 2 is 1.77 bits per heavy atom. The molecule has 2 aromatic rings. The van der Waals surface area contributed by atoms with Crippen LogP contribution in [0.2, 0.25) is 0 Å². The van der Waals surface area contributed by atoms with Crippen LogP contribution >= 0.6 is 0 Å². The van der Waals surface area contributed by atoms with E-state index < -0.39 is 11.8 Å². The summed E-state index contributed by atoms with van der Waals surface area (Å²) in [6, 6.07) is 12.6. The van der Waals surface area contributed by atoms with E-state index in [1.165, 1.54) is 12.3 Å². The number of hydrazone groups is 1. The molecule has 0 saturated carbocycles. The predicted molar refractivity (Wildman–Crippen MR) is 115 cm³/mol. The maximum Gasteiger partial charge on any atom is 0.329 e. The molecule has 0 aromatic heterocycles. The number of carbonyl (C=O) groups is 3. The smallest absolute Gasteiger partial charge is 0.329 e. The summed E-state index contributed by atoms with van der Waals surface area (Å²) in [5.41, 5.74) is 5.47. The molecule has 3 amide bonds. The average Bonchev–Trinajstić information content (AvgIpc) is 2.73. The van der Waals surface area contributed by atoms with Crippen LogP contribution < -0.4 is 20.8 Å². The van der Waals surface area contributed by atoms with Crippen LogP contribution in [0.15, 0.2) is 60.2 Å². The number of aryl methyl sites for hydroxylation is 2. The van der Waals surface area contributed by atoms with E-state index in [0.29, 0.717) is 11.3 Å². The molecule has 0 heterocycles. The Bertz CT molecular complexity index is 949. The third kappa shape index (κ3) is 6.90. The molecule has 0 aliphatic heterocycles. The minimum absolute atomic E-state index is 0.158. The summed E-state index contributed by atoms with van der Waals surface area (Å²) in [6.07, 6.45) is 2.82. The molecule has 0 radical (unpaired) electrons. The van der Waals surface area contributed by atoms with Crippen LogP contribution in [-0.2, 0) is 14.4 Å². The molecule has 0 spiro atoms. The van der Waals surface area contributed by atoms with Crippen molar-refractivity contribution in [2.75, 3.05) is 18.5 Å². The minimum atomic E-state index is -0.885. The molecule has 0 aliphatic carbocycles. The molecule has 0 bridgehead atoms. The second-order valence-electron chi connectivity index (χ2n) is 6.37. The lowest BCUT2D eigenvalue weighted by Gasteiger charge is -2.12. The third-order valence-corrected chi connectivity index (χ3v) is 3.97. The highest BCUT2D eigenvalue weighted by Crippen LogP contribution is 2.19. The van der Waals surface area contributed by atoms with Crippen LogP contribution in [0.1, 0.15) is 16.7 Å². The van der Waals surface area contributed by atoms with Crippen LogP contribution in [0.25, 0.3) is 0 Å². The first-order valence-corrected chi connectivity index (χ1v) is 9.21. The van der Waals surface area contributed by atoms with E-state index in [2.05, 4.69) is 27.7 Å². The number of hydrogen-bond donors (Lipinski definition) is 3. The number of nitrogens with one attached hydrogen (secondary N) is 3. The fraction of sp³-hybridized carbons (Fsp3) is 0.182. The van der Waals surface area contributed by atoms with Gasteiger partial charge >= 0.3 is 11.8 Å². The number of hydrogen-bond acceptors (Lipinski definition) is 5. The van der Waals surface area contributed by atoms with E-state index in [-0.39, 0.29) is 19.1 Å². The first-order chi connectivity index (χ1) is 14.4. The lowest BCUT2D eigenvalue weighted by atomic mass is 10.1. The molecule has 30 heavy (non-hydrogen) atoms. The fourth-order valence-electron chi connectivity index (χ4n) is 2.48. The van der Waals surface area contributed by atoms with Gasteiger partial charge in [-0.25, -0.2) is 5.43 Å². The van der Waals surface area contributed by atoms with Gasteiger partial charge < -0.3 is 15.4 Å². The third-order valence-electron chi connectivity index (χ3n) is 3.97. The summed E-state index contributed by atoms with van der Waals surface area (Å²) in [5, 5.41) is 8.93. The highest BCUT2D eigenvalue weighted by molar-refractivity contribution is 6.35. The van der Waals surface area contributed by atoms with Crippen molar-refractivity contribution in [3.63, 3.8) is 0 Å². The minimum Gasteiger partial charge on any atom is -0.484 e. The fourth-order valence-corrected chi connectivity index (χ4v) is 2.48. The second kappa shape index (κ2) is 11.2. The summed E-state index contributed by atoms with van der Waals surface area (Å²) in [7, 11) is 0. The number of benzene rings is 2. The number of para-hydroxylation sites is 1. The van der Waals surface area contributed by atoms with Gasteiger partial charge in [-0.3, -0.25) is 14.4 Å². The zero-order chi connectivity index (χ0) is 21.9. The molecule has 2 rings (SSSR count). The quantitative estimate of drug-likeness (QED) is 0.269. The van der Waals surface area contributed by atoms with Crippen molar-refractivity contribution < 1.29 is 19.1 Å². The molecular formula is C22H24N4O4. The molecule has 3 N–H and O–H groups in total. The molecule has 2 aromatic carbocycles. The van der Waals surface area contributed by atoms with Crippen LogP contribution in [0.3, 0.4) is 0 Å². The number of anilines is 1. The Morgan fingerprint density at radius 1 is 1.07 bits per heavy atom. The molecule has 8 heteroatoms. The SMILES string of the molecule is C=CCNC(=O)C(=O)N/N=C\c1cccc(OCC(=O)Nc2c(C)cccc2C)c1. The molecule has 0 fully saturated rings. The maximum absolute atomic E-state index is 12.2. The number of amides is 3. The van der Waals surface area contributed by atoms with E-state index >= 15 is 0 Å². The van der Waals surface area contributed by atoms with Crippen molar-refractivity contribution >= 4 is 29.6 Å². The van der Waals surface area contributed by atoms with Crippen molar-refractivity contribution in [3.05, 3.63) is 71.8 Å².